The number of aromatic nitrogens is 3. The van der Waals surface area contributed by atoms with E-state index in [1.165, 1.54) is 0 Å². The van der Waals surface area contributed by atoms with Crippen LogP contribution >= 0.6 is 23.2 Å². The van der Waals surface area contributed by atoms with Gasteiger partial charge in [-0.2, -0.15) is 21.6 Å². The summed E-state index contributed by atoms with van der Waals surface area (Å²) in [6.45, 7) is 0. The van der Waals surface area contributed by atoms with Crippen molar-refractivity contribution in [1.82, 2.24) is 14.5 Å². The Morgan fingerprint density at radius 1 is 1.07 bits per heavy atom. The monoisotopic (exact) mass is 454 g/mol. The smallest absolute Gasteiger partial charge is 0.278 e. The average molecular weight is 455 g/mol. The van der Waals surface area contributed by atoms with Crippen molar-refractivity contribution in [2.75, 3.05) is 4.72 Å². The summed E-state index contributed by atoms with van der Waals surface area (Å²) in [4.78, 5) is 7.29. The van der Waals surface area contributed by atoms with Crippen LogP contribution in [0.25, 0.3) is 5.82 Å². The number of pyridine rings is 1. The molecule has 0 fully saturated rings. The Bertz CT molecular complexity index is 1150. The summed E-state index contributed by atoms with van der Waals surface area (Å²) < 4.78 is 79.8. The van der Waals surface area contributed by atoms with E-state index < -0.39 is 37.6 Å². The number of benzene rings is 1. The molecule has 13 heteroatoms. The van der Waals surface area contributed by atoms with Crippen LogP contribution < -0.4 is 4.72 Å². The average Bonchev–Trinajstić information content (AvgIpc) is 3.07. The van der Waals surface area contributed by atoms with Crippen molar-refractivity contribution >= 4 is 38.9 Å². The molecule has 3 aromatic rings. The number of imidazole rings is 1. The van der Waals surface area contributed by atoms with Crippen molar-refractivity contribution in [1.29, 1.82) is 0 Å². The molecule has 2 heterocycles. The highest BCUT2D eigenvalue weighted by atomic mass is 35.5. The molecule has 1 aromatic carbocycles. The lowest BCUT2D eigenvalue weighted by atomic mass is 10.3. The van der Waals surface area contributed by atoms with E-state index in [-0.39, 0.29) is 16.5 Å². The maximum Gasteiger partial charge on any atom is 0.417 e. The van der Waals surface area contributed by atoms with Gasteiger partial charge in [0, 0.05) is 6.20 Å². The molecule has 0 atom stereocenters. The van der Waals surface area contributed by atoms with Gasteiger partial charge in [0.25, 0.3) is 10.0 Å². The molecule has 0 aliphatic carbocycles. The summed E-state index contributed by atoms with van der Waals surface area (Å²) in [5.41, 5.74) is -1.13. The van der Waals surface area contributed by atoms with Crippen molar-refractivity contribution < 1.29 is 26.0 Å². The predicted molar refractivity (Wildman–Crippen MR) is 93.6 cm³/mol. The second-order valence-electron chi connectivity index (χ2n) is 5.36. The van der Waals surface area contributed by atoms with Crippen LogP contribution in [0.5, 0.6) is 0 Å². The molecule has 0 unspecified atom stereocenters. The first-order valence-corrected chi connectivity index (χ1v) is 9.46. The number of sulfonamides is 1. The summed E-state index contributed by atoms with van der Waals surface area (Å²) in [7, 11) is -4.29. The standard InChI is InChI=1S/C15H8Cl2F4N4O2S/c16-10-4-9(1-2-12(10)18)24-28(26,27)13-6-22-7-25(13)14-11(17)3-8(5-23-14)15(19,20)21/h1-7,24H. The number of nitrogens with one attached hydrogen (secondary N) is 1. The summed E-state index contributed by atoms with van der Waals surface area (Å²) in [6.07, 6.45) is -2.18. The van der Waals surface area contributed by atoms with Gasteiger partial charge in [-0.15, -0.1) is 0 Å². The van der Waals surface area contributed by atoms with Gasteiger partial charge in [0.1, 0.15) is 12.1 Å². The maximum absolute atomic E-state index is 13.2. The Morgan fingerprint density at radius 3 is 2.39 bits per heavy atom. The van der Waals surface area contributed by atoms with Crippen LogP contribution in [0.1, 0.15) is 5.56 Å². The van der Waals surface area contributed by atoms with Gasteiger partial charge in [-0.1, -0.05) is 23.2 Å². The zero-order valence-corrected chi connectivity index (χ0v) is 15.7. The molecule has 6 nitrogen and oxygen atoms in total. The number of nitrogens with zero attached hydrogens (tertiary/aromatic N) is 3. The van der Waals surface area contributed by atoms with Gasteiger partial charge < -0.3 is 0 Å². The van der Waals surface area contributed by atoms with Gasteiger partial charge in [0.2, 0.25) is 0 Å². The van der Waals surface area contributed by atoms with Crippen molar-refractivity contribution in [2.45, 2.75) is 11.2 Å². The summed E-state index contributed by atoms with van der Waals surface area (Å²) in [6, 6.07) is 3.78. The minimum Gasteiger partial charge on any atom is -0.278 e. The number of rotatable bonds is 4. The van der Waals surface area contributed by atoms with Crippen LogP contribution in [0.2, 0.25) is 10.0 Å². The van der Waals surface area contributed by atoms with Gasteiger partial charge in [-0.3, -0.25) is 9.29 Å². The third-order valence-corrected chi connectivity index (χ3v) is 5.35. The van der Waals surface area contributed by atoms with Crippen LogP contribution in [-0.4, -0.2) is 23.0 Å². The largest absolute Gasteiger partial charge is 0.417 e. The zero-order valence-electron chi connectivity index (χ0n) is 13.4. The molecular weight excluding hydrogens is 447 g/mol. The maximum atomic E-state index is 13.2. The van der Waals surface area contributed by atoms with Crippen LogP contribution in [0.15, 0.2) is 48.0 Å². The number of alkyl halides is 3. The van der Waals surface area contributed by atoms with Gasteiger partial charge in [-0.05, 0) is 24.3 Å². The molecular formula is C15H8Cl2F4N4O2S. The van der Waals surface area contributed by atoms with Crippen LogP contribution in [0.3, 0.4) is 0 Å². The van der Waals surface area contributed by atoms with Gasteiger partial charge in [0.15, 0.2) is 10.8 Å². The minimum absolute atomic E-state index is 0.0365. The highest BCUT2D eigenvalue weighted by Crippen LogP contribution is 2.32. The van der Waals surface area contributed by atoms with Crippen LogP contribution in [0.4, 0.5) is 23.2 Å². The Balaban J connectivity index is 2.00. The fourth-order valence-electron chi connectivity index (χ4n) is 2.17. The Labute approximate surface area is 165 Å². The second kappa shape index (κ2) is 7.22. The summed E-state index contributed by atoms with van der Waals surface area (Å²) in [5.74, 6) is -1.01. The second-order valence-corrected chi connectivity index (χ2v) is 7.81. The van der Waals surface area contributed by atoms with E-state index in [2.05, 4.69) is 14.7 Å². The molecule has 0 amide bonds. The van der Waals surface area contributed by atoms with E-state index in [1.807, 2.05) is 0 Å². The third-order valence-electron chi connectivity index (χ3n) is 3.43. The fraction of sp³-hybridized carbons (Fsp3) is 0.0667. The Morgan fingerprint density at radius 2 is 1.79 bits per heavy atom. The van der Waals surface area contributed by atoms with Crippen molar-refractivity contribution in [3.05, 3.63) is 64.4 Å². The number of hydrogen-bond donors (Lipinski definition) is 1. The quantitative estimate of drug-likeness (QED) is 0.587. The lowest BCUT2D eigenvalue weighted by Gasteiger charge is -2.13. The molecule has 2 aromatic heterocycles. The number of hydrogen-bond acceptors (Lipinski definition) is 4. The first-order chi connectivity index (χ1) is 13.0. The molecule has 1 N–H and O–H groups in total. The Hall–Kier alpha value is -2.37. The van der Waals surface area contributed by atoms with Crippen LogP contribution in [-0.2, 0) is 16.2 Å². The SMILES string of the molecule is O=S(=O)(Nc1ccc(F)c(Cl)c1)c1cncn1-c1ncc(C(F)(F)F)cc1Cl. The van der Waals surface area contributed by atoms with Crippen molar-refractivity contribution in [2.24, 2.45) is 0 Å². The van der Waals surface area contributed by atoms with Gasteiger partial charge >= 0.3 is 6.18 Å². The zero-order chi connectivity index (χ0) is 20.7. The molecule has 148 valence electrons. The number of anilines is 1. The highest BCUT2D eigenvalue weighted by Gasteiger charge is 2.32. The summed E-state index contributed by atoms with van der Waals surface area (Å²) in [5, 5.41) is -1.20. The van der Waals surface area contributed by atoms with E-state index in [9.17, 15) is 26.0 Å². The van der Waals surface area contributed by atoms with E-state index in [1.54, 1.807) is 0 Å². The molecule has 0 bridgehead atoms. The normalized spacial score (nSPS) is 12.2. The molecule has 0 saturated carbocycles. The lowest BCUT2D eigenvalue weighted by molar-refractivity contribution is -0.137. The van der Waals surface area contributed by atoms with E-state index in [0.717, 1.165) is 35.3 Å². The molecule has 28 heavy (non-hydrogen) atoms. The van der Waals surface area contributed by atoms with Crippen molar-refractivity contribution in [3.63, 3.8) is 0 Å². The highest BCUT2D eigenvalue weighted by molar-refractivity contribution is 7.92. The minimum atomic E-state index is -4.66. The van der Waals surface area contributed by atoms with E-state index in [4.69, 9.17) is 23.2 Å². The van der Waals surface area contributed by atoms with Gasteiger partial charge in [-0.25, -0.2) is 14.4 Å². The fourth-order valence-corrected chi connectivity index (χ4v) is 3.74. The van der Waals surface area contributed by atoms with E-state index >= 15 is 0 Å². The van der Waals surface area contributed by atoms with E-state index in [0.29, 0.717) is 12.3 Å². The first-order valence-electron chi connectivity index (χ1n) is 7.22. The predicted octanol–water partition coefficient (Wildman–Crippen LogP) is 4.53. The molecule has 0 spiro atoms. The lowest BCUT2D eigenvalue weighted by Crippen LogP contribution is -2.17. The molecule has 0 aliphatic rings. The Kier molecular flexibility index (Phi) is 5.26. The van der Waals surface area contributed by atoms with Crippen molar-refractivity contribution in [3.8, 4) is 5.82 Å². The summed E-state index contributed by atoms with van der Waals surface area (Å²) >= 11 is 11.5. The molecule has 0 aliphatic heterocycles. The third kappa shape index (κ3) is 4.05. The van der Waals surface area contributed by atoms with Crippen LogP contribution in [0, 0.1) is 5.82 Å². The molecule has 0 saturated heterocycles. The number of halogens is 6. The molecule has 3 rings (SSSR count). The topological polar surface area (TPSA) is 76.9 Å². The molecule has 0 radical (unpaired) electrons. The van der Waals surface area contributed by atoms with Gasteiger partial charge in [0.05, 0.1) is 27.5 Å². The first kappa shape index (κ1) is 20.4.